The number of aryl methyl sites for hydroxylation is 1. The Morgan fingerprint density at radius 3 is 2.38 bits per heavy atom. The second kappa shape index (κ2) is 5.74. The first-order chi connectivity index (χ1) is 11.5. The van der Waals surface area contributed by atoms with E-state index in [1.54, 1.807) is 12.1 Å². The monoisotopic (exact) mass is 327 g/mol. The van der Waals surface area contributed by atoms with Gasteiger partial charge >= 0.3 is 0 Å². The quantitative estimate of drug-likeness (QED) is 0.920. The largest absolute Gasteiger partial charge is 0.338 e. The van der Waals surface area contributed by atoms with Crippen LogP contribution in [0.5, 0.6) is 0 Å². The van der Waals surface area contributed by atoms with E-state index >= 15 is 0 Å². The molecular formula is C19H22FN3O. The van der Waals surface area contributed by atoms with E-state index in [4.69, 9.17) is 0 Å². The van der Waals surface area contributed by atoms with Crippen LogP contribution in [-0.4, -0.2) is 41.6 Å². The lowest BCUT2D eigenvalue weighted by atomic mass is 10.0. The van der Waals surface area contributed by atoms with Gasteiger partial charge in [-0.15, -0.1) is 0 Å². The second-order valence-corrected chi connectivity index (χ2v) is 6.99. The molecule has 24 heavy (non-hydrogen) atoms. The van der Waals surface area contributed by atoms with Gasteiger partial charge in [0.15, 0.2) is 0 Å². The molecule has 2 saturated heterocycles. The summed E-state index contributed by atoms with van der Waals surface area (Å²) in [6.07, 6.45) is 0. The average Bonchev–Trinajstić information content (AvgIpc) is 3.22. The highest BCUT2D eigenvalue weighted by Crippen LogP contribution is 2.29. The molecule has 0 radical (unpaired) electrons. The Hall–Kier alpha value is -2.14. The predicted octanol–water partition coefficient (Wildman–Crippen LogP) is 2.52. The zero-order valence-electron chi connectivity index (χ0n) is 14.1. The third-order valence-electron chi connectivity index (χ3n) is 5.42. The van der Waals surface area contributed by atoms with Gasteiger partial charge < -0.3 is 14.8 Å². The number of aromatic nitrogens is 1. The van der Waals surface area contributed by atoms with Crippen LogP contribution in [-0.2, 0) is 0 Å². The number of hydrogen-bond donors (Lipinski definition) is 1. The number of likely N-dealkylation sites (tertiary alicyclic amines) is 1. The van der Waals surface area contributed by atoms with Crippen molar-refractivity contribution in [3.05, 3.63) is 53.1 Å². The van der Waals surface area contributed by atoms with Crippen LogP contribution in [0.15, 0.2) is 30.3 Å². The first-order valence-electron chi connectivity index (χ1n) is 8.49. The Morgan fingerprint density at radius 2 is 1.75 bits per heavy atom. The number of benzene rings is 1. The molecule has 0 aliphatic carbocycles. The molecule has 3 heterocycles. The van der Waals surface area contributed by atoms with Gasteiger partial charge in [-0.1, -0.05) is 0 Å². The van der Waals surface area contributed by atoms with Crippen LogP contribution in [0, 0.1) is 31.5 Å². The van der Waals surface area contributed by atoms with Gasteiger partial charge in [-0.05, 0) is 56.0 Å². The minimum atomic E-state index is -0.255. The summed E-state index contributed by atoms with van der Waals surface area (Å²) in [6.45, 7) is 7.66. The SMILES string of the molecule is Cc1cc(C(=O)N2C[C@H]3CNC[C@H]3C2)c(C)n1-c1ccc(F)cc1. The number of nitrogens with one attached hydrogen (secondary N) is 1. The molecule has 4 nitrogen and oxygen atoms in total. The Morgan fingerprint density at radius 1 is 1.12 bits per heavy atom. The topological polar surface area (TPSA) is 37.3 Å². The molecule has 2 aliphatic rings. The van der Waals surface area contributed by atoms with E-state index in [1.807, 2.05) is 29.4 Å². The molecular weight excluding hydrogens is 305 g/mol. The highest BCUT2D eigenvalue weighted by atomic mass is 19.1. The molecule has 2 aliphatic heterocycles. The van der Waals surface area contributed by atoms with Crippen LogP contribution >= 0.6 is 0 Å². The molecule has 0 saturated carbocycles. The van der Waals surface area contributed by atoms with E-state index in [0.29, 0.717) is 11.8 Å². The number of fused-ring (bicyclic) bond motifs is 1. The molecule has 2 atom stereocenters. The van der Waals surface area contributed by atoms with Gasteiger partial charge in [-0.2, -0.15) is 0 Å². The Balaban J connectivity index is 1.63. The van der Waals surface area contributed by atoms with E-state index in [1.165, 1.54) is 12.1 Å². The standard InChI is InChI=1S/C19H22FN3O/c1-12-7-18(13(2)23(12)17-5-3-16(20)4-6-17)19(24)22-10-14-8-21-9-15(14)11-22/h3-7,14-15,21H,8-11H2,1-2H3/t14-,15+. The molecule has 5 heteroatoms. The summed E-state index contributed by atoms with van der Waals surface area (Å²) in [7, 11) is 0. The molecule has 2 aromatic rings. The first kappa shape index (κ1) is 15.4. The van der Waals surface area contributed by atoms with Crippen molar-refractivity contribution in [3.8, 4) is 5.69 Å². The van der Waals surface area contributed by atoms with Gasteiger partial charge in [-0.25, -0.2) is 4.39 Å². The molecule has 126 valence electrons. The highest BCUT2D eigenvalue weighted by Gasteiger charge is 2.38. The molecule has 1 N–H and O–H groups in total. The minimum absolute atomic E-state index is 0.117. The van der Waals surface area contributed by atoms with Crippen molar-refractivity contribution < 1.29 is 9.18 Å². The van der Waals surface area contributed by atoms with Gasteiger partial charge in [0, 0.05) is 43.3 Å². The van der Waals surface area contributed by atoms with Gasteiger partial charge in [0.2, 0.25) is 0 Å². The number of amides is 1. The highest BCUT2D eigenvalue weighted by molar-refractivity contribution is 5.96. The Labute approximate surface area is 141 Å². The summed E-state index contributed by atoms with van der Waals surface area (Å²) in [5.74, 6) is 1.05. The van der Waals surface area contributed by atoms with Crippen LogP contribution in [0.25, 0.3) is 5.69 Å². The Bertz CT molecular complexity index is 769. The van der Waals surface area contributed by atoms with Crippen molar-refractivity contribution in [3.63, 3.8) is 0 Å². The first-order valence-corrected chi connectivity index (χ1v) is 8.49. The van der Waals surface area contributed by atoms with Crippen molar-refractivity contribution in [2.45, 2.75) is 13.8 Å². The molecule has 2 fully saturated rings. The number of nitrogens with zero attached hydrogens (tertiary/aromatic N) is 2. The van der Waals surface area contributed by atoms with Crippen LogP contribution in [0.4, 0.5) is 4.39 Å². The van der Waals surface area contributed by atoms with Crippen molar-refractivity contribution in [1.29, 1.82) is 0 Å². The molecule has 0 unspecified atom stereocenters. The van der Waals surface area contributed by atoms with Gasteiger partial charge in [0.05, 0.1) is 5.56 Å². The van der Waals surface area contributed by atoms with Crippen molar-refractivity contribution in [2.75, 3.05) is 26.2 Å². The van der Waals surface area contributed by atoms with E-state index in [-0.39, 0.29) is 11.7 Å². The summed E-state index contributed by atoms with van der Waals surface area (Å²) >= 11 is 0. The average molecular weight is 327 g/mol. The normalized spacial score (nSPS) is 22.9. The fourth-order valence-corrected chi connectivity index (χ4v) is 4.16. The zero-order chi connectivity index (χ0) is 16.8. The summed E-state index contributed by atoms with van der Waals surface area (Å²) in [6, 6.07) is 8.34. The lowest BCUT2D eigenvalue weighted by molar-refractivity contribution is 0.0781. The maximum atomic E-state index is 13.2. The third-order valence-corrected chi connectivity index (χ3v) is 5.42. The predicted molar refractivity (Wildman–Crippen MR) is 91.0 cm³/mol. The van der Waals surface area contributed by atoms with Crippen LogP contribution in [0.1, 0.15) is 21.7 Å². The maximum Gasteiger partial charge on any atom is 0.255 e. The fraction of sp³-hybridized carbons (Fsp3) is 0.421. The van der Waals surface area contributed by atoms with E-state index < -0.39 is 0 Å². The lowest BCUT2D eigenvalue weighted by Crippen LogP contribution is -2.32. The van der Waals surface area contributed by atoms with E-state index in [9.17, 15) is 9.18 Å². The van der Waals surface area contributed by atoms with Crippen LogP contribution < -0.4 is 5.32 Å². The number of carbonyl (C=O) groups is 1. The third kappa shape index (κ3) is 2.44. The second-order valence-electron chi connectivity index (χ2n) is 6.99. The van der Waals surface area contributed by atoms with Crippen LogP contribution in [0.2, 0.25) is 0 Å². The number of hydrogen-bond acceptors (Lipinski definition) is 2. The van der Waals surface area contributed by atoms with Gasteiger partial charge in [-0.3, -0.25) is 4.79 Å². The van der Waals surface area contributed by atoms with E-state index in [0.717, 1.165) is 48.8 Å². The molecule has 0 bridgehead atoms. The number of halogens is 1. The van der Waals surface area contributed by atoms with Crippen molar-refractivity contribution in [2.24, 2.45) is 11.8 Å². The molecule has 1 aromatic carbocycles. The smallest absolute Gasteiger partial charge is 0.255 e. The van der Waals surface area contributed by atoms with Crippen molar-refractivity contribution >= 4 is 5.91 Å². The van der Waals surface area contributed by atoms with Gasteiger partial charge in [0.25, 0.3) is 5.91 Å². The Kier molecular flexibility index (Phi) is 3.68. The van der Waals surface area contributed by atoms with Crippen molar-refractivity contribution in [1.82, 2.24) is 14.8 Å². The summed E-state index contributed by atoms with van der Waals surface area (Å²) < 4.78 is 15.2. The number of carbonyl (C=O) groups excluding carboxylic acids is 1. The molecule has 1 aromatic heterocycles. The van der Waals surface area contributed by atoms with E-state index in [2.05, 4.69) is 5.32 Å². The van der Waals surface area contributed by atoms with Crippen LogP contribution in [0.3, 0.4) is 0 Å². The molecule has 0 spiro atoms. The zero-order valence-corrected chi connectivity index (χ0v) is 14.1. The van der Waals surface area contributed by atoms with Gasteiger partial charge in [0.1, 0.15) is 5.82 Å². The summed E-state index contributed by atoms with van der Waals surface area (Å²) in [4.78, 5) is 15.0. The number of rotatable bonds is 2. The fourth-order valence-electron chi connectivity index (χ4n) is 4.16. The minimum Gasteiger partial charge on any atom is -0.338 e. The molecule has 1 amide bonds. The molecule has 4 rings (SSSR count). The maximum absolute atomic E-state index is 13.2. The summed E-state index contributed by atoms with van der Waals surface area (Å²) in [5, 5.41) is 3.40. The summed E-state index contributed by atoms with van der Waals surface area (Å²) in [5.41, 5.74) is 3.54. The lowest BCUT2D eigenvalue weighted by Gasteiger charge is -2.18.